The molecule has 4 nitrogen and oxygen atoms in total. The van der Waals surface area contributed by atoms with Gasteiger partial charge in [0.2, 0.25) is 5.95 Å². The summed E-state index contributed by atoms with van der Waals surface area (Å²) in [5.41, 5.74) is 0. The Morgan fingerprint density at radius 3 is 2.85 bits per heavy atom. The molecule has 2 heterocycles. The molecule has 2 rings (SSSR count). The van der Waals surface area contributed by atoms with Gasteiger partial charge in [0.05, 0.1) is 6.10 Å². The van der Waals surface area contributed by atoms with Gasteiger partial charge in [-0.3, -0.25) is 0 Å². The second kappa shape index (κ2) is 3.70. The van der Waals surface area contributed by atoms with Crippen LogP contribution in [0.2, 0.25) is 0 Å². The second-order valence-corrected chi connectivity index (χ2v) is 3.14. The van der Waals surface area contributed by atoms with Gasteiger partial charge >= 0.3 is 0 Å². The number of ether oxygens (including phenoxy) is 1. The summed E-state index contributed by atoms with van der Waals surface area (Å²) in [7, 11) is 1.75. The van der Waals surface area contributed by atoms with Crippen LogP contribution in [-0.4, -0.2) is 36.3 Å². The van der Waals surface area contributed by atoms with Gasteiger partial charge in [-0.1, -0.05) is 0 Å². The quantitative estimate of drug-likeness (QED) is 0.670. The minimum atomic E-state index is 0.337. The van der Waals surface area contributed by atoms with Crippen LogP contribution in [0.15, 0.2) is 18.5 Å². The van der Waals surface area contributed by atoms with E-state index in [1.807, 2.05) is 6.07 Å². The summed E-state index contributed by atoms with van der Waals surface area (Å²) in [5.74, 6) is 0.807. The van der Waals surface area contributed by atoms with Crippen molar-refractivity contribution in [3.63, 3.8) is 0 Å². The van der Waals surface area contributed by atoms with Crippen molar-refractivity contribution in [2.75, 3.05) is 25.1 Å². The molecule has 1 aromatic rings. The van der Waals surface area contributed by atoms with Crippen LogP contribution in [0.25, 0.3) is 0 Å². The largest absolute Gasteiger partial charge is 0.380 e. The maximum Gasteiger partial charge on any atom is 0.225 e. The SMILES string of the molecule is COC1CCN(c2ncccn2)C1. The first-order valence-electron chi connectivity index (χ1n) is 4.45. The Morgan fingerprint density at radius 2 is 2.23 bits per heavy atom. The smallest absolute Gasteiger partial charge is 0.225 e. The lowest BCUT2D eigenvalue weighted by molar-refractivity contribution is 0.121. The Morgan fingerprint density at radius 1 is 1.46 bits per heavy atom. The molecule has 1 saturated heterocycles. The van der Waals surface area contributed by atoms with E-state index in [0.29, 0.717) is 6.10 Å². The molecule has 1 unspecified atom stereocenters. The summed E-state index contributed by atoms with van der Waals surface area (Å²) < 4.78 is 5.27. The van der Waals surface area contributed by atoms with Crippen LogP contribution in [0.3, 0.4) is 0 Å². The molecule has 0 bridgehead atoms. The predicted octanol–water partition coefficient (Wildman–Crippen LogP) is 0.702. The van der Waals surface area contributed by atoms with Crippen molar-refractivity contribution >= 4 is 5.95 Å². The molecule has 0 amide bonds. The van der Waals surface area contributed by atoms with E-state index in [0.717, 1.165) is 25.5 Å². The van der Waals surface area contributed by atoms with E-state index in [9.17, 15) is 0 Å². The van der Waals surface area contributed by atoms with Crippen LogP contribution >= 0.6 is 0 Å². The van der Waals surface area contributed by atoms with Crippen LogP contribution in [0.5, 0.6) is 0 Å². The predicted molar refractivity (Wildman–Crippen MR) is 49.7 cm³/mol. The standard InChI is InChI=1S/C9H13N3O/c1-13-8-3-6-12(7-8)9-10-4-2-5-11-9/h2,4-5,8H,3,6-7H2,1H3. The Balaban J connectivity index is 2.04. The van der Waals surface area contributed by atoms with Crippen molar-refractivity contribution in [3.8, 4) is 0 Å². The Kier molecular flexibility index (Phi) is 2.40. The minimum Gasteiger partial charge on any atom is -0.380 e. The molecular weight excluding hydrogens is 166 g/mol. The lowest BCUT2D eigenvalue weighted by Crippen LogP contribution is -2.23. The van der Waals surface area contributed by atoms with Gasteiger partial charge < -0.3 is 9.64 Å². The number of nitrogens with zero attached hydrogens (tertiary/aromatic N) is 3. The lowest BCUT2D eigenvalue weighted by Gasteiger charge is -2.14. The molecule has 0 radical (unpaired) electrons. The molecule has 0 aromatic carbocycles. The van der Waals surface area contributed by atoms with Gasteiger partial charge in [-0.15, -0.1) is 0 Å². The van der Waals surface area contributed by atoms with Crippen LogP contribution in [0.4, 0.5) is 5.95 Å². The third-order valence-electron chi connectivity index (χ3n) is 2.31. The monoisotopic (exact) mass is 179 g/mol. The van der Waals surface area contributed by atoms with Crippen LogP contribution in [0.1, 0.15) is 6.42 Å². The molecule has 70 valence electrons. The van der Waals surface area contributed by atoms with Gasteiger partial charge in [-0.2, -0.15) is 0 Å². The molecular formula is C9H13N3O. The second-order valence-electron chi connectivity index (χ2n) is 3.14. The number of methoxy groups -OCH3 is 1. The van der Waals surface area contributed by atoms with E-state index < -0.39 is 0 Å². The average molecular weight is 179 g/mol. The third kappa shape index (κ3) is 1.78. The lowest BCUT2D eigenvalue weighted by atomic mass is 10.3. The molecule has 0 N–H and O–H groups in total. The molecule has 1 atom stereocenters. The van der Waals surface area contributed by atoms with Crippen molar-refractivity contribution in [1.29, 1.82) is 0 Å². The zero-order valence-electron chi connectivity index (χ0n) is 7.68. The van der Waals surface area contributed by atoms with Crippen molar-refractivity contribution in [3.05, 3.63) is 18.5 Å². The Bertz CT molecular complexity index is 265. The van der Waals surface area contributed by atoms with Crippen molar-refractivity contribution in [2.45, 2.75) is 12.5 Å². The molecule has 1 aliphatic heterocycles. The van der Waals surface area contributed by atoms with Gasteiger partial charge in [0.25, 0.3) is 0 Å². The summed E-state index contributed by atoms with van der Waals surface area (Å²) in [6.45, 7) is 1.89. The topological polar surface area (TPSA) is 38.2 Å². The first-order valence-corrected chi connectivity index (χ1v) is 4.45. The van der Waals surface area contributed by atoms with Gasteiger partial charge in [0.15, 0.2) is 0 Å². The summed E-state index contributed by atoms with van der Waals surface area (Å²) in [4.78, 5) is 10.5. The number of hydrogen-bond acceptors (Lipinski definition) is 4. The van der Waals surface area contributed by atoms with E-state index in [1.54, 1.807) is 19.5 Å². The Hall–Kier alpha value is -1.16. The van der Waals surface area contributed by atoms with E-state index in [2.05, 4.69) is 14.9 Å². The van der Waals surface area contributed by atoms with Gasteiger partial charge in [0, 0.05) is 32.6 Å². The van der Waals surface area contributed by atoms with Crippen LogP contribution in [-0.2, 0) is 4.74 Å². The van der Waals surface area contributed by atoms with Crippen molar-refractivity contribution < 1.29 is 4.74 Å². The van der Waals surface area contributed by atoms with Crippen LogP contribution < -0.4 is 4.90 Å². The highest BCUT2D eigenvalue weighted by Crippen LogP contribution is 2.16. The molecule has 1 aromatic heterocycles. The zero-order chi connectivity index (χ0) is 9.10. The first kappa shape index (κ1) is 8.44. The average Bonchev–Trinajstić information content (AvgIpc) is 2.67. The number of anilines is 1. The van der Waals surface area contributed by atoms with E-state index >= 15 is 0 Å². The summed E-state index contributed by atoms with van der Waals surface area (Å²) in [6, 6.07) is 1.83. The van der Waals surface area contributed by atoms with Crippen LogP contribution in [0, 0.1) is 0 Å². The summed E-state index contributed by atoms with van der Waals surface area (Å²) in [5, 5.41) is 0. The third-order valence-corrected chi connectivity index (χ3v) is 2.31. The zero-order valence-corrected chi connectivity index (χ0v) is 7.68. The maximum absolute atomic E-state index is 5.27. The molecule has 1 fully saturated rings. The fraction of sp³-hybridized carbons (Fsp3) is 0.556. The van der Waals surface area contributed by atoms with Gasteiger partial charge in [-0.05, 0) is 12.5 Å². The molecule has 0 saturated carbocycles. The summed E-state index contributed by atoms with van der Waals surface area (Å²) in [6.07, 6.45) is 4.93. The van der Waals surface area contributed by atoms with E-state index in [4.69, 9.17) is 4.74 Å². The number of hydrogen-bond donors (Lipinski definition) is 0. The fourth-order valence-corrected chi connectivity index (χ4v) is 1.56. The molecule has 13 heavy (non-hydrogen) atoms. The van der Waals surface area contributed by atoms with Crippen molar-refractivity contribution in [1.82, 2.24) is 9.97 Å². The number of rotatable bonds is 2. The first-order chi connectivity index (χ1) is 6.40. The van der Waals surface area contributed by atoms with E-state index in [1.165, 1.54) is 0 Å². The molecule has 1 aliphatic rings. The maximum atomic E-state index is 5.27. The highest BCUT2D eigenvalue weighted by atomic mass is 16.5. The minimum absolute atomic E-state index is 0.337. The molecule has 4 heteroatoms. The van der Waals surface area contributed by atoms with Crippen molar-refractivity contribution in [2.24, 2.45) is 0 Å². The van der Waals surface area contributed by atoms with E-state index in [-0.39, 0.29) is 0 Å². The Labute approximate surface area is 77.6 Å². The highest BCUT2D eigenvalue weighted by Gasteiger charge is 2.23. The van der Waals surface area contributed by atoms with Gasteiger partial charge in [0.1, 0.15) is 0 Å². The molecule has 0 spiro atoms. The molecule has 0 aliphatic carbocycles. The fourth-order valence-electron chi connectivity index (χ4n) is 1.56. The highest BCUT2D eigenvalue weighted by molar-refractivity contribution is 5.30. The summed E-state index contributed by atoms with van der Waals surface area (Å²) >= 11 is 0. The van der Waals surface area contributed by atoms with Gasteiger partial charge in [-0.25, -0.2) is 9.97 Å². The number of aromatic nitrogens is 2. The normalized spacial score (nSPS) is 22.2.